The van der Waals surface area contributed by atoms with Crippen molar-refractivity contribution in [2.24, 2.45) is 5.40 Å². The van der Waals surface area contributed by atoms with Crippen molar-refractivity contribution in [1.82, 2.24) is 0 Å². The van der Waals surface area contributed by atoms with Crippen molar-refractivity contribution in [3.8, 4) is 0 Å². The van der Waals surface area contributed by atoms with E-state index in [1.54, 1.807) is 0 Å². The minimum atomic E-state index is 0.513. The Balaban J connectivity index is 0. The van der Waals surface area contributed by atoms with E-state index in [0.29, 0.717) is 19.3 Å². The molecule has 0 unspecified atom stereocenters. The van der Waals surface area contributed by atoms with Crippen LogP contribution >= 0.6 is 0 Å². The Labute approximate surface area is 58.1 Å². The van der Waals surface area contributed by atoms with Crippen LogP contribution in [0.15, 0.2) is 0 Å². The van der Waals surface area contributed by atoms with E-state index in [2.05, 4.69) is 5.40 Å². The lowest BCUT2D eigenvalue weighted by atomic mass is 10.3. The minimum Gasteiger partial charge on any atom is -0.358 e. The van der Waals surface area contributed by atoms with Crippen LogP contribution in [0.5, 0.6) is 0 Å². The van der Waals surface area contributed by atoms with Crippen LogP contribution in [-0.2, 0) is 9.59 Å². The summed E-state index contributed by atoms with van der Waals surface area (Å²) in [6.45, 7) is 0. The lowest BCUT2D eigenvalue weighted by Crippen LogP contribution is -1.76. The van der Waals surface area contributed by atoms with Crippen molar-refractivity contribution < 1.29 is 9.59 Å². The van der Waals surface area contributed by atoms with Crippen molar-refractivity contribution in [3.05, 3.63) is 0 Å². The van der Waals surface area contributed by atoms with E-state index in [1.165, 1.54) is 0 Å². The number of carbonyl (C=O) groups excluding carboxylic acids is 2. The highest BCUT2D eigenvalue weighted by Crippen LogP contribution is 1.85. The Bertz CT molecular complexity index is 60.0. The molecule has 9 heavy (non-hydrogen) atoms. The number of carbonyl (C=O) groups is 2. The molecule has 0 heterocycles. The van der Waals surface area contributed by atoms with Crippen molar-refractivity contribution in [2.45, 2.75) is 19.3 Å². The fraction of sp³-hybridized carbons (Fsp3) is 0.600. The molecule has 0 bridgehead atoms. The maximum absolute atomic E-state index is 9.56. The van der Waals surface area contributed by atoms with Gasteiger partial charge < -0.3 is 15.0 Å². The molecule has 0 fully saturated rings. The van der Waals surface area contributed by atoms with E-state index in [0.717, 1.165) is 23.0 Å². The van der Waals surface area contributed by atoms with Gasteiger partial charge in [0.1, 0.15) is 12.6 Å². The molecule has 0 aliphatic heterocycles. The number of unbranched alkanes of at least 4 members (excludes halogenated alkanes) is 2. The van der Waals surface area contributed by atoms with Crippen LogP contribution in [0.25, 0.3) is 0 Å². The summed E-state index contributed by atoms with van der Waals surface area (Å²) in [7, 11) is 0.806. The Morgan fingerprint density at radius 2 is 1.44 bits per heavy atom. The van der Waals surface area contributed by atoms with Gasteiger partial charge in [-0.2, -0.15) is 0 Å². The largest absolute Gasteiger partial charge is 0.358 e. The van der Waals surface area contributed by atoms with Gasteiger partial charge >= 0.3 is 0 Å². The molecule has 0 spiro atoms. The molecule has 0 aliphatic carbocycles. The van der Waals surface area contributed by atoms with E-state index in [1.807, 2.05) is 0 Å². The molecule has 0 rings (SSSR count). The third kappa shape index (κ3) is 18.5. The molecule has 4 heteroatoms. The Morgan fingerprint density at radius 1 is 1.11 bits per heavy atom. The third-order valence-electron chi connectivity index (χ3n) is 0.644. The average Bonchev–Trinajstić information content (AvgIpc) is 1.94. The quantitative estimate of drug-likeness (QED) is 0.308. The first-order valence-corrected chi connectivity index (χ1v) is 4.02. The fourth-order valence-electron chi connectivity index (χ4n) is 0.285. The second-order valence-corrected chi connectivity index (χ2v) is 1.26. The number of aldehydes is 2. The maximum atomic E-state index is 9.56. The molecule has 0 aromatic heterocycles. The Kier molecular flexibility index (Phi) is 19.7. The van der Waals surface area contributed by atoms with Crippen molar-refractivity contribution in [2.75, 3.05) is 0 Å². The molecule has 2 N–H and O–H groups in total. The van der Waals surface area contributed by atoms with Gasteiger partial charge in [-0.1, -0.05) is 0 Å². The summed E-state index contributed by atoms with van der Waals surface area (Å²) < 4.78 is 0. The van der Waals surface area contributed by atoms with Crippen LogP contribution in [0.4, 0.5) is 0 Å². The van der Waals surface area contributed by atoms with Crippen LogP contribution in [-0.4, -0.2) is 23.0 Å². The Morgan fingerprint density at radius 3 is 1.67 bits per heavy atom. The van der Waals surface area contributed by atoms with Crippen LogP contribution in [0, 0.1) is 0 Å². The summed E-state index contributed by atoms with van der Waals surface area (Å²) >= 11 is 0. The van der Waals surface area contributed by atoms with Gasteiger partial charge in [0.2, 0.25) is 0 Å². The van der Waals surface area contributed by atoms with Gasteiger partial charge in [0.15, 0.2) is 0 Å². The summed E-state index contributed by atoms with van der Waals surface area (Å²) in [5.74, 6) is 0. The number of hydrogen-bond acceptors (Lipinski definition) is 3. The van der Waals surface area contributed by atoms with Gasteiger partial charge in [-0.3, -0.25) is 0 Å². The average molecular weight is 147 g/mol. The number of rotatable bonds is 4. The standard InChI is InChI=1S/C5H8O2.H5NSi/c6-4-2-1-3-5-7;1-2/h4-5H,1-3H2;1H2,2H3. The van der Waals surface area contributed by atoms with Gasteiger partial charge in [-0.25, -0.2) is 0 Å². The van der Waals surface area contributed by atoms with Crippen LogP contribution in [0.2, 0.25) is 0 Å². The SMILES string of the molecule is N[SiH3].O=CCCCC=O. The molecule has 0 saturated heterocycles. The summed E-state index contributed by atoms with van der Waals surface area (Å²) in [4.78, 5) is 19.1. The van der Waals surface area contributed by atoms with Crippen molar-refractivity contribution in [3.63, 3.8) is 0 Å². The van der Waals surface area contributed by atoms with Gasteiger partial charge in [0.05, 0.1) is 10.4 Å². The van der Waals surface area contributed by atoms with E-state index >= 15 is 0 Å². The first-order chi connectivity index (χ1) is 4.41. The van der Waals surface area contributed by atoms with Gasteiger partial charge in [0.25, 0.3) is 0 Å². The molecule has 0 saturated carbocycles. The van der Waals surface area contributed by atoms with Gasteiger partial charge in [-0.05, 0) is 6.42 Å². The number of hydrogen-bond donors (Lipinski definition) is 1. The van der Waals surface area contributed by atoms with Gasteiger partial charge in [0, 0.05) is 12.8 Å². The first kappa shape index (κ1) is 11.3. The molecule has 0 aromatic carbocycles. The smallest absolute Gasteiger partial charge is 0.120 e. The summed E-state index contributed by atoms with van der Waals surface area (Å²) in [6, 6.07) is 0. The zero-order chi connectivity index (χ0) is 7.54. The molecular formula is C5H13NO2Si. The lowest BCUT2D eigenvalue weighted by Gasteiger charge is -1.78. The Hall–Kier alpha value is -0.483. The van der Waals surface area contributed by atoms with E-state index < -0.39 is 0 Å². The van der Waals surface area contributed by atoms with Crippen molar-refractivity contribution >= 4 is 23.0 Å². The van der Waals surface area contributed by atoms with Crippen LogP contribution < -0.4 is 5.40 Å². The third-order valence-corrected chi connectivity index (χ3v) is 0.644. The second kappa shape index (κ2) is 15.6. The summed E-state index contributed by atoms with van der Waals surface area (Å²) in [5.41, 5.74) is 0. The summed E-state index contributed by atoms with van der Waals surface area (Å²) in [5, 5.41) is 4.64. The molecule has 0 aromatic rings. The van der Waals surface area contributed by atoms with E-state index in [-0.39, 0.29) is 0 Å². The monoisotopic (exact) mass is 147 g/mol. The van der Waals surface area contributed by atoms with Crippen LogP contribution in [0.1, 0.15) is 19.3 Å². The molecule has 0 amide bonds. The second-order valence-electron chi connectivity index (χ2n) is 1.26. The number of nitrogens with two attached hydrogens (primary N) is 1. The summed E-state index contributed by atoms with van der Waals surface area (Å²) in [6.07, 6.45) is 3.37. The zero-order valence-electron chi connectivity index (χ0n) is 5.67. The highest BCUT2D eigenvalue weighted by molar-refractivity contribution is 6.02. The topological polar surface area (TPSA) is 60.2 Å². The van der Waals surface area contributed by atoms with E-state index in [4.69, 9.17) is 0 Å². The molecule has 0 aliphatic rings. The predicted molar refractivity (Wildman–Crippen MR) is 40.1 cm³/mol. The minimum absolute atomic E-state index is 0.513. The van der Waals surface area contributed by atoms with Gasteiger partial charge in [-0.15, -0.1) is 0 Å². The van der Waals surface area contributed by atoms with Crippen molar-refractivity contribution in [1.29, 1.82) is 0 Å². The first-order valence-electron chi connectivity index (χ1n) is 2.87. The molecule has 3 nitrogen and oxygen atoms in total. The predicted octanol–water partition coefficient (Wildman–Crippen LogP) is -1.22. The lowest BCUT2D eigenvalue weighted by molar-refractivity contribution is -0.108. The highest BCUT2D eigenvalue weighted by Gasteiger charge is 1.80. The maximum Gasteiger partial charge on any atom is 0.120 e. The molecule has 0 atom stereocenters. The fourth-order valence-corrected chi connectivity index (χ4v) is 0.285. The normalized spacial score (nSPS) is 7.22. The molecule has 0 radical (unpaired) electrons. The van der Waals surface area contributed by atoms with E-state index in [9.17, 15) is 9.59 Å². The highest BCUT2D eigenvalue weighted by atomic mass is 28.2. The molecular weight excluding hydrogens is 134 g/mol. The molecule has 54 valence electrons. The van der Waals surface area contributed by atoms with Crippen LogP contribution in [0.3, 0.4) is 0 Å². The zero-order valence-corrected chi connectivity index (χ0v) is 7.67.